The maximum absolute atomic E-state index is 12.6. The topological polar surface area (TPSA) is 166 Å². The van der Waals surface area contributed by atoms with Gasteiger partial charge in [-0.2, -0.15) is 0 Å². The van der Waals surface area contributed by atoms with Crippen molar-refractivity contribution in [3.05, 3.63) is 0 Å². The van der Waals surface area contributed by atoms with Crippen LogP contribution < -0.4 is 0 Å². The van der Waals surface area contributed by atoms with Crippen molar-refractivity contribution >= 4 is 12.1 Å². The predicted octanol–water partition coefficient (Wildman–Crippen LogP) is -0.953. The lowest BCUT2D eigenvalue weighted by Crippen LogP contribution is -2.60. The number of aliphatic carboxylic acids is 1. The minimum Gasteiger partial charge on any atom is -0.481 e. The first kappa shape index (κ1) is 23.2. The van der Waals surface area contributed by atoms with E-state index in [1.54, 1.807) is 0 Å². The largest absolute Gasteiger partial charge is 0.481 e. The maximum atomic E-state index is 12.6. The molecule has 3 aliphatic rings. The lowest BCUT2D eigenvalue weighted by molar-refractivity contribution is -0.318. The van der Waals surface area contributed by atoms with E-state index in [1.807, 2.05) is 0 Å². The van der Waals surface area contributed by atoms with E-state index in [9.17, 15) is 30.0 Å². The highest BCUT2D eigenvalue weighted by Gasteiger charge is 2.46. The van der Waals surface area contributed by atoms with E-state index in [1.165, 1.54) is 4.90 Å². The molecule has 0 bridgehead atoms. The average molecular weight is 433 g/mol. The Bertz CT molecular complexity index is 594. The van der Waals surface area contributed by atoms with Gasteiger partial charge in [0, 0.05) is 13.1 Å². The fourth-order valence-corrected chi connectivity index (χ4v) is 4.22. The second-order valence-corrected chi connectivity index (χ2v) is 8.18. The normalized spacial score (nSPS) is 38.3. The molecular formula is C19H31NO10. The van der Waals surface area contributed by atoms with E-state index in [4.69, 9.17) is 19.3 Å². The Labute approximate surface area is 174 Å². The van der Waals surface area contributed by atoms with Crippen LogP contribution in [-0.4, -0.2) is 105 Å². The summed E-state index contributed by atoms with van der Waals surface area (Å²) in [4.78, 5) is 25.1. The molecule has 11 nitrogen and oxygen atoms in total. The molecule has 0 aromatic carbocycles. The SMILES string of the molecule is O=C(O)C1CCN(C(=O)O[C@@H]2CCCC[C@H]2O[C@H]2O[C@@H](CO)[C@@H](O)[C@H](O)[C@H]2O)CC1. The number of carboxylic acid groups (broad SMARTS) is 1. The molecule has 2 saturated heterocycles. The highest BCUT2D eigenvalue weighted by atomic mass is 16.7. The standard InChI is InChI=1S/C19H31NO10/c21-9-13-14(22)15(23)16(24)18(29-13)28-11-3-1-2-4-12(11)30-19(27)20-7-5-10(6-8-20)17(25)26/h10-16,18,21-24H,1-9H2,(H,25,26)/t11-,12-,13+,14-,15+,16-,18+/m1/s1. The highest BCUT2D eigenvalue weighted by molar-refractivity contribution is 5.71. The first-order valence-corrected chi connectivity index (χ1v) is 10.5. The molecule has 172 valence electrons. The number of carbonyl (C=O) groups excluding carboxylic acids is 1. The molecule has 2 heterocycles. The van der Waals surface area contributed by atoms with E-state index in [-0.39, 0.29) is 0 Å². The van der Waals surface area contributed by atoms with Gasteiger partial charge in [0.1, 0.15) is 30.5 Å². The third-order valence-corrected chi connectivity index (χ3v) is 6.15. The molecule has 30 heavy (non-hydrogen) atoms. The molecule has 3 rings (SSSR count). The summed E-state index contributed by atoms with van der Waals surface area (Å²) in [5, 5.41) is 48.4. The van der Waals surface area contributed by atoms with Crippen molar-refractivity contribution in [1.29, 1.82) is 0 Å². The van der Waals surface area contributed by atoms with Crippen molar-refractivity contribution in [2.45, 2.75) is 81.4 Å². The number of carboxylic acids is 1. The number of rotatable bonds is 5. The van der Waals surface area contributed by atoms with Crippen LogP contribution >= 0.6 is 0 Å². The Morgan fingerprint density at radius 1 is 0.933 bits per heavy atom. The zero-order chi connectivity index (χ0) is 21.8. The zero-order valence-corrected chi connectivity index (χ0v) is 16.7. The van der Waals surface area contributed by atoms with Crippen LogP contribution in [0.3, 0.4) is 0 Å². The van der Waals surface area contributed by atoms with Crippen LogP contribution in [-0.2, 0) is 19.0 Å². The van der Waals surface area contributed by atoms with Crippen molar-refractivity contribution in [3.8, 4) is 0 Å². The smallest absolute Gasteiger partial charge is 0.410 e. The number of ether oxygens (including phenoxy) is 3. The Morgan fingerprint density at radius 3 is 2.17 bits per heavy atom. The number of likely N-dealkylation sites (tertiary alicyclic amines) is 1. The van der Waals surface area contributed by atoms with Gasteiger partial charge in [0.25, 0.3) is 0 Å². The van der Waals surface area contributed by atoms with Crippen molar-refractivity contribution < 1.29 is 49.3 Å². The Balaban J connectivity index is 1.57. The summed E-state index contributed by atoms with van der Waals surface area (Å²) in [6.45, 7) is 0.0572. The third-order valence-electron chi connectivity index (χ3n) is 6.15. The molecule has 7 atom stereocenters. The number of nitrogens with zero attached hydrogens (tertiary/aromatic N) is 1. The summed E-state index contributed by atoms with van der Waals surface area (Å²) in [5.41, 5.74) is 0. The second-order valence-electron chi connectivity index (χ2n) is 8.18. The van der Waals surface area contributed by atoms with Crippen molar-refractivity contribution in [2.24, 2.45) is 5.92 Å². The zero-order valence-electron chi connectivity index (χ0n) is 16.7. The molecule has 1 aliphatic carbocycles. The predicted molar refractivity (Wildman–Crippen MR) is 99.3 cm³/mol. The molecule has 11 heteroatoms. The number of hydrogen-bond donors (Lipinski definition) is 5. The number of hydrogen-bond acceptors (Lipinski definition) is 9. The van der Waals surface area contributed by atoms with Gasteiger partial charge >= 0.3 is 12.1 Å². The lowest BCUT2D eigenvalue weighted by Gasteiger charge is -2.42. The molecule has 0 spiro atoms. The van der Waals surface area contributed by atoms with E-state index in [2.05, 4.69) is 0 Å². The fraction of sp³-hybridized carbons (Fsp3) is 0.895. The minimum absolute atomic E-state index is 0.306. The lowest BCUT2D eigenvalue weighted by atomic mass is 9.94. The fourth-order valence-electron chi connectivity index (χ4n) is 4.22. The Hall–Kier alpha value is -1.50. The molecule has 0 aromatic heterocycles. The van der Waals surface area contributed by atoms with E-state index in [0.29, 0.717) is 38.8 Å². The quantitative estimate of drug-likeness (QED) is 0.365. The van der Waals surface area contributed by atoms with Crippen LogP contribution in [0.15, 0.2) is 0 Å². The number of aliphatic hydroxyl groups excluding tert-OH is 4. The summed E-state index contributed by atoms with van der Waals surface area (Å²) < 4.78 is 16.8. The minimum atomic E-state index is -1.54. The number of carbonyl (C=O) groups is 2. The Morgan fingerprint density at radius 2 is 1.57 bits per heavy atom. The van der Waals surface area contributed by atoms with Crippen molar-refractivity contribution in [1.82, 2.24) is 4.90 Å². The Kier molecular flexibility index (Phi) is 7.88. The molecule has 3 fully saturated rings. The summed E-state index contributed by atoms with van der Waals surface area (Å²) >= 11 is 0. The average Bonchev–Trinajstić information content (AvgIpc) is 2.75. The van der Waals surface area contributed by atoms with Crippen LogP contribution in [0.25, 0.3) is 0 Å². The molecule has 1 amide bonds. The van der Waals surface area contributed by atoms with Gasteiger partial charge in [-0.3, -0.25) is 4.79 Å². The van der Waals surface area contributed by atoms with Gasteiger partial charge in [-0.25, -0.2) is 4.79 Å². The summed E-state index contributed by atoms with van der Waals surface area (Å²) in [5.74, 6) is -1.31. The van der Waals surface area contributed by atoms with Crippen molar-refractivity contribution in [2.75, 3.05) is 19.7 Å². The molecular weight excluding hydrogens is 402 g/mol. The van der Waals surface area contributed by atoms with E-state index < -0.39 is 67.5 Å². The maximum Gasteiger partial charge on any atom is 0.410 e. The summed E-state index contributed by atoms with van der Waals surface area (Å²) in [7, 11) is 0. The van der Waals surface area contributed by atoms with Gasteiger partial charge in [-0.05, 0) is 32.1 Å². The van der Waals surface area contributed by atoms with Gasteiger partial charge < -0.3 is 44.6 Å². The van der Waals surface area contributed by atoms with E-state index >= 15 is 0 Å². The van der Waals surface area contributed by atoms with Gasteiger partial charge in [0.15, 0.2) is 6.29 Å². The van der Waals surface area contributed by atoms with E-state index in [0.717, 1.165) is 12.8 Å². The monoisotopic (exact) mass is 433 g/mol. The van der Waals surface area contributed by atoms with Crippen LogP contribution in [0, 0.1) is 5.92 Å². The molecule has 5 N–H and O–H groups in total. The number of piperidine rings is 1. The van der Waals surface area contributed by atoms with Crippen LogP contribution in [0.1, 0.15) is 38.5 Å². The van der Waals surface area contributed by atoms with Crippen LogP contribution in [0.2, 0.25) is 0 Å². The number of amides is 1. The van der Waals surface area contributed by atoms with Crippen LogP contribution in [0.4, 0.5) is 4.79 Å². The molecule has 0 aromatic rings. The van der Waals surface area contributed by atoms with Gasteiger partial charge in [0.2, 0.25) is 0 Å². The van der Waals surface area contributed by atoms with Gasteiger partial charge in [-0.1, -0.05) is 6.42 Å². The third kappa shape index (κ3) is 5.21. The first-order chi connectivity index (χ1) is 14.3. The summed E-state index contributed by atoms with van der Waals surface area (Å²) in [6, 6.07) is 0. The molecule has 2 aliphatic heterocycles. The molecule has 0 radical (unpaired) electrons. The second kappa shape index (κ2) is 10.2. The summed E-state index contributed by atoms with van der Waals surface area (Å²) in [6.07, 6.45) is -5.09. The van der Waals surface area contributed by atoms with Gasteiger partial charge in [-0.15, -0.1) is 0 Å². The molecule has 0 unspecified atom stereocenters. The highest BCUT2D eigenvalue weighted by Crippen LogP contribution is 2.30. The van der Waals surface area contributed by atoms with Gasteiger partial charge in [0.05, 0.1) is 18.6 Å². The van der Waals surface area contributed by atoms with Crippen LogP contribution in [0.5, 0.6) is 0 Å². The van der Waals surface area contributed by atoms with Crippen molar-refractivity contribution in [3.63, 3.8) is 0 Å². The first-order valence-electron chi connectivity index (χ1n) is 10.5. The number of aliphatic hydroxyl groups is 4. The molecule has 1 saturated carbocycles.